The maximum Gasteiger partial charge on any atom is 0.472 e. The first kappa shape index (κ1) is 18.9. The molecule has 0 amide bonds. The number of hydrogen-bond donors (Lipinski definition) is 5. The summed E-state index contributed by atoms with van der Waals surface area (Å²) in [6.07, 6.45) is -5.50. The predicted octanol–water partition coefficient (Wildman–Crippen LogP) is -1.42. The minimum Gasteiger partial charge on any atom is -0.394 e. The fourth-order valence-corrected chi connectivity index (χ4v) is 1.91. The van der Waals surface area contributed by atoms with Gasteiger partial charge in [0.1, 0.15) is 12.2 Å². The number of ether oxygens (including phenoxy) is 1. The molecule has 0 saturated carbocycles. The van der Waals surface area contributed by atoms with Crippen LogP contribution in [0.2, 0.25) is 0 Å². The minimum absolute atomic E-state index is 0.317. The van der Waals surface area contributed by atoms with Crippen molar-refractivity contribution in [1.82, 2.24) is 0 Å². The molecule has 9 nitrogen and oxygen atoms in total. The second-order valence-corrected chi connectivity index (χ2v) is 5.36. The van der Waals surface area contributed by atoms with Crippen molar-refractivity contribution in [2.75, 3.05) is 19.8 Å². The summed E-state index contributed by atoms with van der Waals surface area (Å²) in [5, 5.41) is 36.0. The summed E-state index contributed by atoms with van der Waals surface area (Å²) >= 11 is 0. The molecular formula is C9H21O9P. The molecule has 0 rings (SSSR count). The van der Waals surface area contributed by atoms with Gasteiger partial charge in [0.15, 0.2) is 6.29 Å². The van der Waals surface area contributed by atoms with Gasteiger partial charge in [-0.1, -0.05) is 0 Å². The Morgan fingerprint density at radius 3 is 2.21 bits per heavy atom. The third-order valence-corrected chi connectivity index (χ3v) is 3.04. The Bertz CT molecular complexity index is 285. The lowest BCUT2D eigenvalue weighted by molar-refractivity contribution is -0.195. The van der Waals surface area contributed by atoms with Crippen LogP contribution in [0.1, 0.15) is 13.8 Å². The first-order chi connectivity index (χ1) is 8.69. The van der Waals surface area contributed by atoms with Crippen LogP contribution in [0.4, 0.5) is 0 Å². The molecule has 5 N–H and O–H groups in total. The van der Waals surface area contributed by atoms with E-state index in [2.05, 4.69) is 13.8 Å². The van der Waals surface area contributed by atoms with Gasteiger partial charge in [-0.15, -0.1) is 0 Å². The van der Waals surface area contributed by atoms with Crippen LogP contribution in [0.25, 0.3) is 0 Å². The molecule has 0 saturated heterocycles. The summed E-state index contributed by atoms with van der Waals surface area (Å²) in [5.74, 6) is 0. The molecule has 4 unspecified atom stereocenters. The summed E-state index contributed by atoms with van der Waals surface area (Å²) in [6, 6.07) is 0. The summed E-state index contributed by atoms with van der Waals surface area (Å²) < 4.78 is 25.0. The number of rotatable bonds is 10. The van der Waals surface area contributed by atoms with Gasteiger partial charge in [-0.25, -0.2) is 4.57 Å². The van der Waals surface area contributed by atoms with E-state index in [0.29, 0.717) is 0 Å². The summed E-state index contributed by atoms with van der Waals surface area (Å²) in [4.78, 5) is 9.16. The van der Waals surface area contributed by atoms with E-state index in [9.17, 15) is 14.8 Å². The molecule has 0 fully saturated rings. The van der Waals surface area contributed by atoms with Crippen LogP contribution in [0, 0.1) is 0 Å². The van der Waals surface area contributed by atoms with Crippen LogP contribution < -0.4 is 0 Å². The second-order valence-electron chi connectivity index (χ2n) is 3.96. The number of phosphoric acid groups is 1. The fourth-order valence-electron chi connectivity index (χ4n) is 1.01. The molecule has 0 aromatic heterocycles. The molecule has 0 heterocycles. The fraction of sp³-hybridized carbons (Fsp3) is 1.00. The Labute approximate surface area is 111 Å². The van der Waals surface area contributed by atoms with Crippen molar-refractivity contribution >= 4 is 7.82 Å². The molecule has 0 bridgehead atoms. The highest BCUT2D eigenvalue weighted by Gasteiger charge is 2.26. The quantitative estimate of drug-likeness (QED) is 0.186. The smallest absolute Gasteiger partial charge is 0.394 e. The highest BCUT2D eigenvalue weighted by Crippen LogP contribution is 2.44. The molecule has 0 aliphatic carbocycles. The lowest BCUT2D eigenvalue weighted by Gasteiger charge is -2.21. The average molecular weight is 304 g/mol. The SMILES string of the molecule is CC(C)OP(=O)(O)OCCOC(O)C(O)C(O)CO. The van der Waals surface area contributed by atoms with Crippen molar-refractivity contribution in [1.29, 1.82) is 0 Å². The molecule has 0 aromatic carbocycles. The minimum atomic E-state index is -4.17. The molecule has 19 heavy (non-hydrogen) atoms. The number of phosphoric ester groups is 1. The van der Waals surface area contributed by atoms with Gasteiger partial charge in [0.2, 0.25) is 0 Å². The highest BCUT2D eigenvalue weighted by atomic mass is 31.2. The van der Waals surface area contributed by atoms with E-state index < -0.39 is 39.0 Å². The lowest BCUT2D eigenvalue weighted by Crippen LogP contribution is -2.41. The van der Waals surface area contributed by atoms with E-state index in [0.717, 1.165) is 0 Å². The molecule has 0 radical (unpaired) electrons. The van der Waals surface area contributed by atoms with Gasteiger partial charge >= 0.3 is 7.82 Å². The molecule has 116 valence electrons. The van der Waals surface area contributed by atoms with E-state index in [-0.39, 0.29) is 13.2 Å². The maximum absolute atomic E-state index is 11.2. The van der Waals surface area contributed by atoms with Gasteiger partial charge in [0, 0.05) is 0 Å². The zero-order chi connectivity index (χ0) is 15.1. The first-order valence-electron chi connectivity index (χ1n) is 5.62. The van der Waals surface area contributed by atoms with Gasteiger partial charge in [-0.3, -0.25) is 9.05 Å². The average Bonchev–Trinajstić information content (AvgIpc) is 2.30. The van der Waals surface area contributed by atoms with E-state index in [1.54, 1.807) is 13.8 Å². The Hall–Kier alpha value is -0.0900. The van der Waals surface area contributed by atoms with Crippen molar-refractivity contribution in [2.45, 2.75) is 38.4 Å². The molecular weight excluding hydrogens is 283 g/mol. The molecule has 4 atom stereocenters. The standard InChI is InChI=1S/C9H21O9P/c1-6(2)18-19(14,15)17-4-3-16-9(13)8(12)7(11)5-10/h6-13H,3-5H2,1-2H3,(H,14,15). The molecule has 10 heteroatoms. The van der Waals surface area contributed by atoms with Gasteiger partial charge in [0.05, 0.1) is 25.9 Å². The molecule has 0 aliphatic rings. The van der Waals surface area contributed by atoms with Crippen LogP contribution in [0.15, 0.2) is 0 Å². The van der Waals surface area contributed by atoms with Gasteiger partial charge < -0.3 is 30.1 Å². The number of aliphatic hydroxyl groups is 4. The number of aliphatic hydroxyl groups excluding tert-OH is 4. The molecule has 0 aliphatic heterocycles. The monoisotopic (exact) mass is 304 g/mol. The van der Waals surface area contributed by atoms with Crippen LogP contribution in [0.3, 0.4) is 0 Å². The summed E-state index contributed by atoms with van der Waals surface area (Å²) in [6.45, 7) is 1.69. The third-order valence-electron chi connectivity index (χ3n) is 1.84. The highest BCUT2D eigenvalue weighted by molar-refractivity contribution is 7.47. The van der Waals surface area contributed by atoms with Crippen LogP contribution >= 0.6 is 7.82 Å². The van der Waals surface area contributed by atoms with Crippen molar-refractivity contribution in [2.24, 2.45) is 0 Å². The van der Waals surface area contributed by atoms with Crippen molar-refractivity contribution in [3.05, 3.63) is 0 Å². The van der Waals surface area contributed by atoms with Gasteiger partial charge in [-0.05, 0) is 13.8 Å². The van der Waals surface area contributed by atoms with E-state index in [1.165, 1.54) is 0 Å². The van der Waals surface area contributed by atoms with Gasteiger partial charge in [0.25, 0.3) is 0 Å². The zero-order valence-corrected chi connectivity index (χ0v) is 11.6. The van der Waals surface area contributed by atoms with Crippen LogP contribution in [-0.2, 0) is 18.3 Å². The van der Waals surface area contributed by atoms with Crippen LogP contribution in [-0.4, -0.2) is 69.7 Å². The Morgan fingerprint density at radius 2 is 1.74 bits per heavy atom. The Balaban J connectivity index is 3.89. The zero-order valence-electron chi connectivity index (χ0n) is 10.7. The predicted molar refractivity (Wildman–Crippen MR) is 63.1 cm³/mol. The summed E-state index contributed by atoms with van der Waals surface area (Å²) in [5.41, 5.74) is 0. The molecule has 0 aromatic rings. The van der Waals surface area contributed by atoms with Crippen molar-refractivity contribution < 1.29 is 43.7 Å². The topological polar surface area (TPSA) is 146 Å². The van der Waals surface area contributed by atoms with E-state index >= 15 is 0 Å². The lowest BCUT2D eigenvalue weighted by atomic mass is 10.2. The van der Waals surface area contributed by atoms with Crippen LogP contribution in [0.5, 0.6) is 0 Å². The normalized spacial score (nSPS) is 20.0. The van der Waals surface area contributed by atoms with E-state index in [4.69, 9.17) is 15.1 Å². The van der Waals surface area contributed by atoms with Crippen molar-refractivity contribution in [3.63, 3.8) is 0 Å². The summed E-state index contributed by atoms with van der Waals surface area (Å²) in [7, 11) is -4.17. The first-order valence-corrected chi connectivity index (χ1v) is 7.11. The Morgan fingerprint density at radius 1 is 1.16 bits per heavy atom. The largest absolute Gasteiger partial charge is 0.472 e. The Kier molecular flexibility index (Phi) is 8.92. The third kappa shape index (κ3) is 8.64. The van der Waals surface area contributed by atoms with Crippen molar-refractivity contribution in [3.8, 4) is 0 Å². The van der Waals surface area contributed by atoms with E-state index in [1.807, 2.05) is 0 Å². The van der Waals surface area contributed by atoms with Gasteiger partial charge in [-0.2, -0.15) is 0 Å². The number of hydrogen-bond acceptors (Lipinski definition) is 8. The molecule has 0 spiro atoms. The maximum atomic E-state index is 11.2. The second kappa shape index (κ2) is 8.96.